The summed E-state index contributed by atoms with van der Waals surface area (Å²) in [5.41, 5.74) is -0.166. The summed E-state index contributed by atoms with van der Waals surface area (Å²) in [6.45, 7) is 0. The van der Waals surface area contributed by atoms with Crippen LogP contribution in [0.15, 0.2) is 30.3 Å². The van der Waals surface area contributed by atoms with Gasteiger partial charge in [-0.3, -0.25) is 9.59 Å². The monoisotopic (exact) mass is 203 g/mol. The summed E-state index contributed by atoms with van der Waals surface area (Å²) >= 11 is 0. The van der Waals surface area contributed by atoms with Crippen LogP contribution in [-0.4, -0.2) is 17.1 Å². The van der Waals surface area contributed by atoms with Crippen molar-refractivity contribution in [1.82, 2.24) is 4.98 Å². The minimum absolute atomic E-state index is 0.122. The lowest BCUT2D eigenvalue weighted by Crippen LogP contribution is -2.04. The van der Waals surface area contributed by atoms with Crippen LogP contribution in [0.5, 0.6) is 0 Å². The highest BCUT2D eigenvalue weighted by atomic mass is 19.1. The predicted octanol–water partition coefficient (Wildman–Crippen LogP) is 1.76. The molecule has 1 heterocycles. The van der Waals surface area contributed by atoms with Crippen LogP contribution in [-0.2, 0) is 4.79 Å². The zero-order valence-corrected chi connectivity index (χ0v) is 7.61. The average molecular weight is 203 g/mol. The number of Topliss-reactive ketones (excluding diaryl/α,β-unsaturated/α-hetero) is 1. The van der Waals surface area contributed by atoms with Gasteiger partial charge in [0.25, 0.3) is 0 Å². The lowest BCUT2D eigenvalue weighted by molar-refractivity contribution is -0.104. The molecule has 1 aromatic carbocycles. The van der Waals surface area contributed by atoms with Crippen molar-refractivity contribution >= 4 is 22.8 Å². The summed E-state index contributed by atoms with van der Waals surface area (Å²) in [5, 5.41) is 0.884. The smallest absolute Gasteiger partial charge is 0.243 e. The quantitative estimate of drug-likeness (QED) is 0.323. The van der Waals surface area contributed by atoms with Gasteiger partial charge < -0.3 is 0 Å². The zero-order chi connectivity index (χ0) is 10.8. The molecule has 4 heteroatoms. The van der Waals surface area contributed by atoms with Crippen LogP contribution in [0.1, 0.15) is 10.5 Å². The summed E-state index contributed by atoms with van der Waals surface area (Å²) < 4.78 is 13.4. The Balaban J connectivity index is 2.72. The highest BCUT2D eigenvalue weighted by Gasteiger charge is 2.10. The molecule has 0 aliphatic rings. The van der Waals surface area contributed by atoms with E-state index in [2.05, 4.69) is 4.98 Å². The Bertz CT molecular complexity index is 551. The third-order valence-electron chi connectivity index (χ3n) is 2.05. The largest absolute Gasteiger partial charge is 0.294 e. The van der Waals surface area contributed by atoms with E-state index in [1.54, 1.807) is 24.3 Å². The molecular formula is C11H6FNO2. The van der Waals surface area contributed by atoms with Crippen LogP contribution in [0.4, 0.5) is 4.39 Å². The number of carbonyl (C=O) groups is 2. The van der Waals surface area contributed by atoms with Crippen molar-refractivity contribution in [2.75, 3.05) is 0 Å². The molecule has 15 heavy (non-hydrogen) atoms. The van der Waals surface area contributed by atoms with Gasteiger partial charge in [-0.25, -0.2) is 4.98 Å². The van der Waals surface area contributed by atoms with Gasteiger partial charge in [0.15, 0.2) is 6.29 Å². The predicted molar refractivity (Wildman–Crippen MR) is 52.1 cm³/mol. The van der Waals surface area contributed by atoms with Crippen molar-refractivity contribution in [3.05, 3.63) is 42.0 Å². The van der Waals surface area contributed by atoms with Gasteiger partial charge in [0.1, 0.15) is 5.69 Å². The first-order chi connectivity index (χ1) is 7.22. The van der Waals surface area contributed by atoms with E-state index in [1.165, 1.54) is 6.07 Å². The molecule has 0 unspecified atom stereocenters. The second-order valence-electron chi connectivity index (χ2n) is 3.00. The second kappa shape index (κ2) is 3.57. The van der Waals surface area contributed by atoms with Crippen molar-refractivity contribution in [2.24, 2.45) is 0 Å². The minimum Gasteiger partial charge on any atom is -0.294 e. The van der Waals surface area contributed by atoms with E-state index in [1.807, 2.05) is 0 Å². The molecule has 0 saturated heterocycles. The fourth-order valence-corrected chi connectivity index (χ4v) is 1.34. The lowest BCUT2D eigenvalue weighted by Gasteiger charge is -2.00. The molecule has 0 saturated carbocycles. The molecule has 2 rings (SSSR count). The number of pyridine rings is 1. The van der Waals surface area contributed by atoms with Crippen LogP contribution in [0.25, 0.3) is 10.8 Å². The molecule has 74 valence electrons. The average Bonchev–Trinajstić information content (AvgIpc) is 2.28. The summed E-state index contributed by atoms with van der Waals surface area (Å²) in [6, 6.07) is 8.01. The van der Waals surface area contributed by atoms with Crippen molar-refractivity contribution in [1.29, 1.82) is 0 Å². The second-order valence-corrected chi connectivity index (χ2v) is 3.00. The van der Waals surface area contributed by atoms with E-state index in [9.17, 15) is 14.0 Å². The van der Waals surface area contributed by atoms with E-state index in [4.69, 9.17) is 0 Å². The number of aldehydes is 1. The topological polar surface area (TPSA) is 47.0 Å². The van der Waals surface area contributed by atoms with Crippen molar-refractivity contribution in [2.45, 2.75) is 0 Å². The molecule has 0 atom stereocenters. The fraction of sp³-hybridized carbons (Fsp3) is 0. The van der Waals surface area contributed by atoms with Gasteiger partial charge in [0.2, 0.25) is 11.7 Å². The van der Waals surface area contributed by atoms with Gasteiger partial charge >= 0.3 is 0 Å². The van der Waals surface area contributed by atoms with Crippen molar-refractivity contribution < 1.29 is 14.0 Å². The van der Waals surface area contributed by atoms with Gasteiger partial charge in [0.05, 0.1) is 0 Å². The van der Waals surface area contributed by atoms with Gasteiger partial charge in [-0.15, -0.1) is 0 Å². The van der Waals surface area contributed by atoms with E-state index in [-0.39, 0.29) is 12.0 Å². The highest BCUT2D eigenvalue weighted by molar-refractivity contribution is 6.32. The highest BCUT2D eigenvalue weighted by Crippen LogP contribution is 2.17. The van der Waals surface area contributed by atoms with Gasteiger partial charge in [0, 0.05) is 5.39 Å². The third-order valence-corrected chi connectivity index (χ3v) is 2.05. The van der Waals surface area contributed by atoms with E-state index in [0.29, 0.717) is 10.8 Å². The van der Waals surface area contributed by atoms with E-state index in [0.717, 1.165) is 0 Å². The molecule has 0 amide bonds. The number of carbonyl (C=O) groups excluding carboxylic acids is 2. The number of hydrogen-bond acceptors (Lipinski definition) is 3. The van der Waals surface area contributed by atoms with Crippen LogP contribution in [0.3, 0.4) is 0 Å². The molecule has 3 nitrogen and oxygen atoms in total. The molecule has 2 aromatic rings. The molecule has 0 radical (unpaired) electrons. The Morgan fingerprint density at radius 1 is 1.33 bits per heavy atom. The molecule has 0 aliphatic heterocycles. The standard InChI is InChI=1S/C11H6FNO2/c12-11-8-4-2-1-3-7(8)5-9(13-11)10(15)6-14/h1-6H. The summed E-state index contributed by atoms with van der Waals surface area (Å²) in [5.74, 6) is -1.56. The first-order valence-corrected chi connectivity index (χ1v) is 4.27. The zero-order valence-electron chi connectivity index (χ0n) is 7.61. The van der Waals surface area contributed by atoms with Crippen LogP contribution in [0, 0.1) is 5.95 Å². The van der Waals surface area contributed by atoms with Gasteiger partial charge in [-0.1, -0.05) is 18.2 Å². The van der Waals surface area contributed by atoms with Gasteiger partial charge in [-0.2, -0.15) is 4.39 Å². The molecule has 0 N–H and O–H groups in total. The number of hydrogen-bond donors (Lipinski definition) is 0. The molecule has 0 spiro atoms. The molecule has 1 aromatic heterocycles. The first kappa shape index (κ1) is 9.45. The number of nitrogens with zero attached hydrogens (tertiary/aromatic N) is 1. The Morgan fingerprint density at radius 3 is 2.80 bits per heavy atom. The number of fused-ring (bicyclic) bond motifs is 1. The number of benzene rings is 1. The Hall–Kier alpha value is -2.10. The number of aromatic nitrogens is 1. The molecule has 0 fully saturated rings. The first-order valence-electron chi connectivity index (χ1n) is 4.27. The van der Waals surface area contributed by atoms with Crippen LogP contribution < -0.4 is 0 Å². The maximum absolute atomic E-state index is 13.4. The van der Waals surface area contributed by atoms with Crippen molar-refractivity contribution in [3.63, 3.8) is 0 Å². The maximum Gasteiger partial charge on any atom is 0.243 e. The minimum atomic E-state index is -0.820. The summed E-state index contributed by atoms with van der Waals surface area (Å²) in [7, 11) is 0. The summed E-state index contributed by atoms with van der Waals surface area (Å²) in [4.78, 5) is 24.7. The normalized spacial score (nSPS) is 10.2. The SMILES string of the molecule is O=CC(=O)c1cc2ccccc2c(F)n1. The number of halogens is 1. The fourth-order valence-electron chi connectivity index (χ4n) is 1.34. The van der Waals surface area contributed by atoms with E-state index >= 15 is 0 Å². The molecule has 0 bridgehead atoms. The number of rotatable bonds is 2. The van der Waals surface area contributed by atoms with Crippen molar-refractivity contribution in [3.8, 4) is 0 Å². The Kier molecular flexibility index (Phi) is 2.25. The van der Waals surface area contributed by atoms with Crippen LogP contribution in [0.2, 0.25) is 0 Å². The number of ketones is 1. The summed E-state index contributed by atoms with van der Waals surface area (Å²) in [6.07, 6.45) is 0.122. The Morgan fingerprint density at radius 2 is 2.07 bits per heavy atom. The lowest BCUT2D eigenvalue weighted by atomic mass is 10.1. The van der Waals surface area contributed by atoms with Gasteiger partial charge in [-0.05, 0) is 17.5 Å². The Labute approximate surface area is 84.6 Å². The van der Waals surface area contributed by atoms with Crippen LogP contribution >= 0.6 is 0 Å². The van der Waals surface area contributed by atoms with E-state index < -0.39 is 11.7 Å². The maximum atomic E-state index is 13.4. The molecular weight excluding hydrogens is 197 g/mol. The third kappa shape index (κ3) is 1.61. The molecule has 0 aliphatic carbocycles.